The smallest absolute Gasteiger partial charge is 0.369 e. The van der Waals surface area contributed by atoms with Gasteiger partial charge in [0.2, 0.25) is 11.9 Å². The van der Waals surface area contributed by atoms with Gasteiger partial charge in [-0.2, -0.15) is 18.3 Å². The molecule has 186 valence electrons. The number of nitrogens with zero attached hydrogens (tertiary/aromatic N) is 5. The molecule has 1 aromatic carbocycles. The Morgan fingerprint density at radius 1 is 1.20 bits per heavy atom. The van der Waals surface area contributed by atoms with Gasteiger partial charge in [-0.25, -0.2) is 9.97 Å². The number of benzene rings is 1. The van der Waals surface area contributed by atoms with Crippen LogP contribution in [0, 0.1) is 0 Å². The third kappa shape index (κ3) is 6.16. The summed E-state index contributed by atoms with van der Waals surface area (Å²) in [5.41, 5.74) is 6.37. The zero-order chi connectivity index (χ0) is 25.0. The molecule has 0 radical (unpaired) electrons. The van der Waals surface area contributed by atoms with E-state index in [0.717, 1.165) is 37.8 Å². The minimum absolute atomic E-state index is 0.0238. The Morgan fingerprint density at radius 2 is 1.97 bits per heavy atom. The monoisotopic (exact) mass is 487 g/mol. The number of primary amides is 1. The van der Waals surface area contributed by atoms with Crippen LogP contribution in [0.3, 0.4) is 0 Å². The van der Waals surface area contributed by atoms with Gasteiger partial charge < -0.3 is 16.0 Å². The van der Waals surface area contributed by atoms with Crippen LogP contribution in [-0.2, 0) is 30.2 Å². The first-order valence-electron chi connectivity index (χ1n) is 11.5. The summed E-state index contributed by atoms with van der Waals surface area (Å²) < 4.78 is 42.8. The number of hydrogen-bond acceptors (Lipinski definition) is 6. The van der Waals surface area contributed by atoms with Crippen LogP contribution in [0.5, 0.6) is 0 Å². The predicted molar refractivity (Wildman–Crippen MR) is 125 cm³/mol. The Bertz CT molecular complexity index is 1180. The van der Waals surface area contributed by atoms with Gasteiger partial charge in [-0.15, -0.1) is 0 Å². The molecule has 0 saturated carbocycles. The number of amides is 1. The molecule has 1 aliphatic heterocycles. The quantitative estimate of drug-likeness (QED) is 0.479. The van der Waals surface area contributed by atoms with Gasteiger partial charge in [-0.3, -0.25) is 9.48 Å². The highest BCUT2D eigenvalue weighted by Gasteiger charge is 2.35. The van der Waals surface area contributed by atoms with Crippen LogP contribution < -0.4 is 11.1 Å². The number of likely N-dealkylation sites (tertiary alicyclic amines) is 1. The van der Waals surface area contributed by atoms with Gasteiger partial charge in [0.15, 0.2) is 0 Å². The molecule has 8 nitrogen and oxygen atoms in total. The fraction of sp³-hybridized carbons (Fsp3) is 0.417. The Kier molecular flexibility index (Phi) is 7.34. The minimum atomic E-state index is -4.58. The number of alkyl halides is 3. The van der Waals surface area contributed by atoms with E-state index in [0.29, 0.717) is 11.3 Å². The summed E-state index contributed by atoms with van der Waals surface area (Å²) in [6.45, 7) is 5.03. The molecule has 0 spiro atoms. The highest BCUT2D eigenvalue weighted by molar-refractivity contribution is 5.77. The molecule has 1 aliphatic rings. The molecule has 35 heavy (non-hydrogen) atoms. The number of nitrogens with two attached hydrogens (primary N) is 1. The maximum atomic E-state index is 13.6. The molecule has 1 unspecified atom stereocenters. The number of carbonyl (C=O) groups is 1. The van der Waals surface area contributed by atoms with Gasteiger partial charge in [-0.1, -0.05) is 31.2 Å². The topological polar surface area (TPSA) is 102 Å². The minimum Gasteiger partial charge on any atom is -0.369 e. The van der Waals surface area contributed by atoms with Crippen LogP contribution in [0.4, 0.5) is 24.8 Å². The molecule has 0 aliphatic carbocycles. The number of rotatable bonds is 9. The summed E-state index contributed by atoms with van der Waals surface area (Å²) in [5, 5.41) is 7.39. The van der Waals surface area contributed by atoms with Crippen LogP contribution in [0.15, 0.2) is 42.9 Å². The molecule has 3 N–H and O–H groups in total. The van der Waals surface area contributed by atoms with Crippen molar-refractivity contribution in [3.8, 4) is 0 Å². The van der Waals surface area contributed by atoms with Crippen molar-refractivity contribution in [1.29, 1.82) is 0 Å². The second-order valence-corrected chi connectivity index (χ2v) is 8.63. The lowest BCUT2D eigenvalue weighted by Crippen LogP contribution is -2.21. The van der Waals surface area contributed by atoms with Gasteiger partial charge in [0.25, 0.3) is 0 Å². The first kappa shape index (κ1) is 24.6. The number of hydrogen-bond donors (Lipinski definition) is 2. The number of aromatic nitrogens is 4. The van der Waals surface area contributed by atoms with Gasteiger partial charge in [0.05, 0.1) is 35.6 Å². The second kappa shape index (κ2) is 10.4. The van der Waals surface area contributed by atoms with E-state index in [-0.39, 0.29) is 36.9 Å². The van der Waals surface area contributed by atoms with Crippen LogP contribution in [-0.4, -0.2) is 50.2 Å². The van der Waals surface area contributed by atoms with Gasteiger partial charge in [0.1, 0.15) is 0 Å². The molecule has 3 heterocycles. The van der Waals surface area contributed by atoms with Crippen LogP contribution in [0.1, 0.15) is 41.8 Å². The number of carbonyl (C=O) groups excluding carboxylic acids is 1. The number of anilines is 2. The molecule has 1 fully saturated rings. The SMILES string of the molecule is CCN1CCC(n2cc(Nc3ncc(C(F)(F)F)c(CCc4ccccc4CC(N)=O)n3)cn2)C1. The molecule has 2 aromatic heterocycles. The Balaban J connectivity index is 1.52. The lowest BCUT2D eigenvalue weighted by molar-refractivity contribution is -0.138. The van der Waals surface area contributed by atoms with E-state index < -0.39 is 17.6 Å². The van der Waals surface area contributed by atoms with Crippen molar-refractivity contribution in [2.45, 2.75) is 44.8 Å². The predicted octanol–water partition coefficient (Wildman–Crippen LogP) is 3.52. The van der Waals surface area contributed by atoms with E-state index in [2.05, 4.69) is 32.2 Å². The standard InChI is InChI=1S/C24H28F3N7O/c1-2-33-10-9-19(15-33)34-14-18(12-30-34)31-23-29-13-20(24(25,26)27)21(32-23)8-7-16-5-3-4-6-17(16)11-22(28)35/h3-6,12-14,19H,2,7-11,15H2,1H3,(H2,28,35)(H,29,31,32). The highest BCUT2D eigenvalue weighted by Crippen LogP contribution is 2.32. The van der Waals surface area contributed by atoms with E-state index in [1.165, 1.54) is 0 Å². The largest absolute Gasteiger partial charge is 0.419 e. The summed E-state index contributed by atoms with van der Waals surface area (Å²) in [7, 11) is 0. The normalized spacial score (nSPS) is 16.5. The molecule has 11 heteroatoms. The van der Waals surface area contributed by atoms with Crippen LogP contribution in [0.2, 0.25) is 0 Å². The van der Waals surface area contributed by atoms with E-state index in [9.17, 15) is 18.0 Å². The van der Waals surface area contributed by atoms with Gasteiger partial charge >= 0.3 is 6.18 Å². The van der Waals surface area contributed by atoms with Crippen molar-refractivity contribution in [3.05, 3.63) is 65.2 Å². The van der Waals surface area contributed by atoms with E-state index in [1.807, 2.05) is 10.9 Å². The van der Waals surface area contributed by atoms with Crippen molar-refractivity contribution >= 4 is 17.5 Å². The summed E-state index contributed by atoms with van der Waals surface area (Å²) in [6, 6.07) is 7.33. The lowest BCUT2D eigenvalue weighted by Gasteiger charge is -2.14. The number of halogens is 3. The fourth-order valence-corrected chi connectivity index (χ4v) is 4.37. The zero-order valence-electron chi connectivity index (χ0n) is 19.4. The van der Waals surface area contributed by atoms with Crippen molar-refractivity contribution in [2.24, 2.45) is 5.73 Å². The summed E-state index contributed by atoms with van der Waals surface area (Å²) in [6.07, 6.45) is 0.985. The number of aryl methyl sites for hydroxylation is 2. The molecular weight excluding hydrogens is 459 g/mol. The molecule has 3 aromatic rings. The highest BCUT2D eigenvalue weighted by atomic mass is 19.4. The molecule has 1 amide bonds. The second-order valence-electron chi connectivity index (χ2n) is 8.63. The molecule has 1 saturated heterocycles. The number of nitrogens with one attached hydrogen (secondary N) is 1. The Morgan fingerprint density at radius 3 is 2.66 bits per heavy atom. The molecular formula is C24H28F3N7O. The number of likely N-dealkylation sites (N-methyl/N-ethyl adjacent to an activating group) is 1. The van der Waals surface area contributed by atoms with Crippen molar-refractivity contribution in [2.75, 3.05) is 25.0 Å². The third-order valence-electron chi connectivity index (χ3n) is 6.21. The molecule has 1 atom stereocenters. The van der Waals surface area contributed by atoms with Gasteiger partial charge in [-0.05, 0) is 36.9 Å². The Hall–Kier alpha value is -3.47. The van der Waals surface area contributed by atoms with Gasteiger partial charge in [0, 0.05) is 25.5 Å². The van der Waals surface area contributed by atoms with Crippen LogP contribution >= 0.6 is 0 Å². The first-order chi connectivity index (χ1) is 16.7. The van der Waals surface area contributed by atoms with Crippen LogP contribution in [0.25, 0.3) is 0 Å². The average molecular weight is 488 g/mol. The van der Waals surface area contributed by atoms with Crippen molar-refractivity contribution < 1.29 is 18.0 Å². The fourth-order valence-electron chi connectivity index (χ4n) is 4.37. The molecule has 0 bridgehead atoms. The van der Waals surface area contributed by atoms with E-state index >= 15 is 0 Å². The summed E-state index contributed by atoms with van der Waals surface area (Å²) in [5.74, 6) is -0.429. The van der Waals surface area contributed by atoms with E-state index in [4.69, 9.17) is 5.73 Å². The van der Waals surface area contributed by atoms with E-state index in [1.54, 1.807) is 30.5 Å². The first-order valence-corrected chi connectivity index (χ1v) is 11.5. The van der Waals surface area contributed by atoms with Crippen molar-refractivity contribution in [3.63, 3.8) is 0 Å². The molecule has 4 rings (SSSR count). The Labute approximate surface area is 201 Å². The maximum Gasteiger partial charge on any atom is 0.419 e. The summed E-state index contributed by atoms with van der Waals surface area (Å²) in [4.78, 5) is 21.8. The third-order valence-corrected chi connectivity index (χ3v) is 6.21. The lowest BCUT2D eigenvalue weighted by atomic mass is 9.98. The maximum absolute atomic E-state index is 13.6. The summed E-state index contributed by atoms with van der Waals surface area (Å²) >= 11 is 0. The van der Waals surface area contributed by atoms with Crippen molar-refractivity contribution in [1.82, 2.24) is 24.6 Å². The average Bonchev–Trinajstić information content (AvgIpc) is 3.47. The zero-order valence-corrected chi connectivity index (χ0v) is 19.4.